The maximum atomic E-state index is 4.83. The van der Waals surface area contributed by atoms with Gasteiger partial charge >= 0.3 is 0 Å². The van der Waals surface area contributed by atoms with E-state index >= 15 is 0 Å². The fourth-order valence-corrected chi connectivity index (χ4v) is 2.76. The molecule has 1 aliphatic rings. The summed E-state index contributed by atoms with van der Waals surface area (Å²) >= 11 is 0. The third-order valence-electron chi connectivity index (χ3n) is 3.86. The average Bonchev–Trinajstić information content (AvgIpc) is 2.99. The van der Waals surface area contributed by atoms with Crippen molar-refractivity contribution < 1.29 is 20.1 Å². The summed E-state index contributed by atoms with van der Waals surface area (Å²) in [7, 11) is 0. The molecule has 3 aromatic rings. The van der Waals surface area contributed by atoms with Crippen molar-refractivity contribution in [3.63, 3.8) is 0 Å². The second-order valence-electron chi connectivity index (χ2n) is 5.72. The maximum absolute atomic E-state index is 4.83. The van der Waals surface area contributed by atoms with Gasteiger partial charge in [0.25, 0.3) is 0 Å². The molecule has 119 valence electrons. The summed E-state index contributed by atoms with van der Waals surface area (Å²) in [4.78, 5) is 1.74. The SMILES string of the molecule is CC(C)n1nc2c(n1)-c1ccccc1C(c1[c-]cccc1)[N-]2.[Ir]. The largest absolute Gasteiger partial charge is 0.453 e. The van der Waals surface area contributed by atoms with E-state index in [4.69, 9.17) is 5.32 Å². The maximum Gasteiger partial charge on any atom is 0.0912 e. The normalized spacial score (nSPS) is 15.3. The fourth-order valence-electron chi connectivity index (χ4n) is 2.76. The van der Waals surface area contributed by atoms with Crippen LogP contribution in [0.25, 0.3) is 16.6 Å². The first-order valence-corrected chi connectivity index (χ1v) is 7.47. The zero-order valence-corrected chi connectivity index (χ0v) is 15.3. The van der Waals surface area contributed by atoms with Crippen LogP contribution in [0.15, 0.2) is 48.5 Å². The number of nitrogens with zero attached hydrogens (tertiary/aromatic N) is 4. The molecule has 0 spiro atoms. The Kier molecular flexibility index (Phi) is 4.33. The van der Waals surface area contributed by atoms with Crippen LogP contribution in [0.5, 0.6) is 0 Å². The van der Waals surface area contributed by atoms with Gasteiger partial charge in [0.2, 0.25) is 0 Å². The molecule has 2 heterocycles. The van der Waals surface area contributed by atoms with Crippen molar-refractivity contribution in [3.05, 3.63) is 71.0 Å². The molecule has 1 unspecified atom stereocenters. The van der Waals surface area contributed by atoms with Crippen molar-refractivity contribution in [2.75, 3.05) is 0 Å². The van der Waals surface area contributed by atoms with Crippen molar-refractivity contribution in [2.24, 2.45) is 0 Å². The predicted octanol–water partition coefficient (Wildman–Crippen LogP) is 4.43. The average molecular weight is 481 g/mol. The fraction of sp³-hybridized carbons (Fsp3) is 0.222. The Morgan fingerprint density at radius 1 is 1.09 bits per heavy atom. The predicted molar refractivity (Wildman–Crippen MR) is 86.0 cm³/mol. The molecular weight excluding hydrogens is 464 g/mol. The molecule has 0 amide bonds. The second kappa shape index (κ2) is 6.26. The van der Waals surface area contributed by atoms with Crippen LogP contribution in [0.4, 0.5) is 5.82 Å². The van der Waals surface area contributed by atoms with Gasteiger partial charge in [-0.25, -0.2) is 0 Å². The van der Waals surface area contributed by atoms with E-state index < -0.39 is 0 Å². The molecule has 0 aliphatic carbocycles. The Bertz CT molecular complexity index is 811. The zero-order valence-electron chi connectivity index (χ0n) is 12.9. The van der Waals surface area contributed by atoms with Gasteiger partial charge in [-0.3, -0.25) is 4.80 Å². The van der Waals surface area contributed by atoms with E-state index in [1.165, 1.54) is 0 Å². The van der Waals surface area contributed by atoms with Crippen LogP contribution < -0.4 is 0 Å². The van der Waals surface area contributed by atoms with Gasteiger partial charge in [0.15, 0.2) is 0 Å². The summed E-state index contributed by atoms with van der Waals surface area (Å²) in [6.07, 6.45) is 0. The van der Waals surface area contributed by atoms with Gasteiger partial charge in [0.1, 0.15) is 0 Å². The Balaban J connectivity index is 0.00000156. The van der Waals surface area contributed by atoms with Gasteiger partial charge in [0.05, 0.1) is 5.69 Å². The van der Waals surface area contributed by atoms with Gasteiger partial charge in [0, 0.05) is 31.7 Å². The monoisotopic (exact) mass is 481 g/mol. The number of hydrogen-bond acceptors (Lipinski definition) is 2. The van der Waals surface area contributed by atoms with E-state index in [0.717, 1.165) is 28.2 Å². The standard InChI is InChI=1S/C18H16N4.Ir/c1-12(2)22-20-17-15-11-7-6-10-14(15)16(19-18(17)21-22)13-8-4-3-5-9-13;/h3-8,10-12,16H,1-2H3;/q-2;. The number of aromatic nitrogens is 3. The summed E-state index contributed by atoms with van der Waals surface area (Å²) in [5.41, 5.74) is 4.20. The molecule has 1 atom stereocenters. The van der Waals surface area contributed by atoms with Crippen molar-refractivity contribution in [2.45, 2.75) is 25.9 Å². The first-order chi connectivity index (χ1) is 10.7. The topological polar surface area (TPSA) is 44.8 Å². The minimum absolute atomic E-state index is 0. The smallest absolute Gasteiger partial charge is 0.0912 e. The Hall–Kier alpha value is -1.97. The Morgan fingerprint density at radius 3 is 2.61 bits per heavy atom. The summed E-state index contributed by atoms with van der Waals surface area (Å²) < 4.78 is 0. The van der Waals surface area contributed by atoms with E-state index in [2.05, 4.69) is 48.3 Å². The number of benzene rings is 2. The van der Waals surface area contributed by atoms with Crippen molar-refractivity contribution in [3.8, 4) is 11.3 Å². The number of hydrogen-bond donors (Lipinski definition) is 0. The third kappa shape index (κ3) is 2.71. The Labute approximate surface area is 149 Å². The van der Waals surface area contributed by atoms with Crippen LogP contribution >= 0.6 is 0 Å². The third-order valence-corrected chi connectivity index (χ3v) is 3.86. The molecule has 0 saturated heterocycles. The molecule has 2 aromatic carbocycles. The second-order valence-corrected chi connectivity index (χ2v) is 5.72. The molecule has 0 saturated carbocycles. The van der Waals surface area contributed by atoms with Gasteiger partial charge in [-0.1, -0.05) is 24.3 Å². The molecule has 4 rings (SSSR count). The number of rotatable bonds is 2. The van der Waals surface area contributed by atoms with Gasteiger partial charge in [-0.05, 0) is 31.3 Å². The number of fused-ring (bicyclic) bond motifs is 3. The molecule has 0 N–H and O–H groups in total. The molecule has 1 aliphatic heterocycles. The summed E-state index contributed by atoms with van der Waals surface area (Å²) in [5, 5.41) is 14.0. The quantitative estimate of drug-likeness (QED) is 0.510. The van der Waals surface area contributed by atoms with Crippen LogP contribution in [0.2, 0.25) is 0 Å². The molecule has 1 radical (unpaired) electrons. The van der Waals surface area contributed by atoms with Gasteiger partial charge in [-0.2, -0.15) is 41.0 Å². The Morgan fingerprint density at radius 2 is 1.87 bits per heavy atom. The molecule has 23 heavy (non-hydrogen) atoms. The first-order valence-electron chi connectivity index (χ1n) is 7.47. The molecule has 0 fully saturated rings. The van der Waals surface area contributed by atoms with Crippen molar-refractivity contribution >= 4 is 5.82 Å². The van der Waals surface area contributed by atoms with Crippen LogP contribution in [0.3, 0.4) is 0 Å². The summed E-state index contributed by atoms with van der Waals surface area (Å²) in [6.45, 7) is 4.14. The van der Waals surface area contributed by atoms with Gasteiger partial charge < -0.3 is 10.4 Å². The molecular formula is C18H16IrN4-2. The van der Waals surface area contributed by atoms with Crippen molar-refractivity contribution in [1.29, 1.82) is 0 Å². The molecule has 5 heteroatoms. The molecule has 1 aromatic heterocycles. The minimum atomic E-state index is -0.0674. The van der Waals surface area contributed by atoms with Crippen molar-refractivity contribution in [1.82, 2.24) is 15.0 Å². The molecule has 0 bridgehead atoms. The minimum Gasteiger partial charge on any atom is -0.453 e. The summed E-state index contributed by atoms with van der Waals surface area (Å²) in [6, 6.07) is 19.7. The van der Waals surface area contributed by atoms with E-state index in [1.54, 1.807) is 4.80 Å². The van der Waals surface area contributed by atoms with Crippen LogP contribution in [-0.4, -0.2) is 15.0 Å². The molecule has 4 nitrogen and oxygen atoms in total. The van der Waals surface area contributed by atoms with E-state index in [9.17, 15) is 0 Å². The summed E-state index contributed by atoms with van der Waals surface area (Å²) in [5.74, 6) is 0.717. The first kappa shape index (κ1) is 15.9. The van der Waals surface area contributed by atoms with Crippen LogP contribution in [-0.2, 0) is 20.1 Å². The van der Waals surface area contributed by atoms with Crippen LogP contribution in [0.1, 0.15) is 37.1 Å². The van der Waals surface area contributed by atoms with E-state index in [0.29, 0.717) is 0 Å². The van der Waals surface area contributed by atoms with Gasteiger partial charge in [-0.15, -0.1) is 0 Å². The van der Waals surface area contributed by atoms with E-state index in [1.807, 2.05) is 30.3 Å². The van der Waals surface area contributed by atoms with Crippen LogP contribution in [0, 0.1) is 6.07 Å². The van der Waals surface area contributed by atoms with E-state index in [-0.39, 0.29) is 32.2 Å². The zero-order chi connectivity index (χ0) is 15.1.